The van der Waals surface area contributed by atoms with Crippen molar-refractivity contribution in [3.63, 3.8) is 0 Å². The van der Waals surface area contributed by atoms with Crippen molar-refractivity contribution in [2.24, 2.45) is 0 Å². The Morgan fingerprint density at radius 1 is 1.45 bits per heavy atom. The summed E-state index contributed by atoms with van der Waals surface area (Å²) in [5, 5.41) is 15.0. The number of rotatable bonds is 3. The normalized spacial score (nSPS) is 18.4. The zero-order valence-corrected chi connectivity index (χ0v) is 11.2. The Kier molecular flexibility index (Phi) is 3.23. The zero-order valence-electron chi connectivity index (χ0n) is 11.2. The Morgan fingerprint density at radius 2 is 2.30 bits per heavy atom. The molecule has 1 saturated heterocycles. The molecule has 1 aliphatic heterocycles. The van der Waals surface area contributed by atoms with E-state index in [1.54, 1.807) is 30.5 Å². The molecule has 1 aromatic heterocycles. The van der Waals surface area contributed by atoms with Gasteiger partial charge >= 0.3 is 0 Å². The van der Waals surface area contributed by atoms with Crippen LogP contribution in [0.1, 0.15) is 6.42 Å². The Morgan fingerprint density at radius 3 is 3.00 bits per heavy atom. The van der Waals surface area contributed by atoms with Crippen LogP contribution in [0, 0.1) is 10.1 Å². The summed E-state index contributed by atoms with van der Waals surface area (Å²) in [6.07, 6.45) is 2.75. The molecule has 0 spiro atoms. The number of pyridine rings is 1. The smallest absolute Gasteiger partial charge is 0.278 e. The molecule has 1 aliphatic rings. The first-order chi connectivity index (χ1) is 9.68. The van der Waals surface area contributed by atoms with Crippen molar-refractivity contribution in [3.8, 4) is 0 Å². The van der Waals surface area contributed by atoms with Crippen LogP contribution in [0.3, 0.4) is 0 Å². The van der Waals surface area contributed by atoms with Gasteiger partial charge in [-0.1, -0.05) is 0 Å². The molecule has 1 N–H and O–H groups in total. The minimum absolute atomic E-state index is 0.106. The Bertz CT molecular complexity index is 653. The molecule has 0 amide bonds. The average Bonchev–Trinajstić information content (AvgIpc) is 2.99. The van der Waals surface area contributed by atoms with Crippen molar-refractivity contribution in [1.82, 2.24) is 10.3 Å². The van der Waals surface area contributed by atoms with Gasteiger partial charge in [-0.2, -0.15) is 0 Å². The number of aromatic nitrogens is 1. The molecule has 2 heterocycles. The van der Waals surface area contributed by atoms with E-state index in [2.05, 4.69) is 15.2 Å². The molecule has 104 valence electrons. The minimum Gasteiger partial charge on any atom is -0.369 e. The number of benzene rings is 1. The summed E-state index contributed by atoms with van der Waals surface area (Å²) in [4.78, 5) is 17.3. The van der Waals surface area contributed by atoms with E-state index < -0.39 is 0 Å². The summed E-state index contributed by atoms with van der Waals surface area (Å²) in [5.74, 6) is 0. The Labute approximate surface area is 116 Å². The highest BCUT2D eigenvalue weighted by Gasteiger charge is 2.23. The molecule has 0 aliphatic carbocycles. The van der Waals surface area contributed by atoms with Gasteiger partial charge in [-0.3, -0.25) is 15.1 Å². The van der Waals surface area contributed by atoms with Crippen molar-refractivity contribution in [1.29, 1.82) is 0 Å². The fourth-order valence-corrected chi connectivity index (χ4v) is 2.75. The van der Waals surface area contributed by atoms with Crippen LogP contribution in [0.5, 0.6) is 0 Å². The van der Waals surface area contributed by atoms with Crippen molar-refractivity contribution in [3.05, 3.63) is 40.6 Å². The number of non-ortho nitro benzene ring substituents is 1. The van der Waals surface area contributed by atoms with Gasteiger partial charge in [-0.05, 0) is 31.2 Å². The van der Waals surface area contributed by atoms with E-state index in [1.165, 1.54) is 0 Å². The lowest BCUT2D eigenvalue weighted by Crippen LogP contribution is -2.33. The first-order valence-corrected chi connectivity index (χ1v) is 6.64. The predicted molar refractivity (Wildman–Crippen MR) is 78.1 cm³/mol. The fraction of sp³-hybridized carbons (Fsp3) is 0.357. The van der Waals surface area contributed by atoms with Crippen molar-refractivity contribution in [2.45, 2.75) is 12.5 Å². The van der Waals surface area contributed by atoms with Gasteiger partial charge in [0.15, 0.2) is 0 Å². The number of nitro groups is 1. The van der Waals surface area contributed by atoms with Crippen molar-refractivity contribution < 1.29 is 4.92 Å². The quantitative estimate of drug-likeness (QED) is 0.683. The van der Waals surface area contributed by atoms with E-state index >= 15 is 0 Å². The van der Waals surface area contributed by atoms with E-state index in [-0.39, 0.29) is 10.6 Å². The Hall–Kier alpha value is -2.21. The van der Waals surface area contributed by atoms with Crippen molar-refractivity contribution in [2.75, 3.05) is 25.0 Å². The number of nitrogens with zero attached hydrogens (tertiary/aromatic N) is 3. The van der Waals surface area contributed by atoms with Gasteiger partial charge in [0, 0.05) is 31.9 Å². The molecule has 1 aromatic carbocycles. The maximum atomic E-state index is 11.1. The summed E-state index contributed by atoms with van der Waals surface area (Å²) in [6, 6.07) is 7.26. The monoisotopic (exact) mass is 272 g/mol. The van der Waals surface area contributed by atoms with Crippen LogP contribution in [-0.4, -0.2) is 36.1 Å². The van der Waals surface area contributed by atoms with Crippen LogP contribution >= 0.6 is 0 Å². The highest BCUT2D eigenvalue weighted by atomic mass is 16.6. The van der Waals surface area contributed by atoms with Crippen molar-refractivity contribution >= 4 is 22.3 Å². The molecule has 20 heavy (non-hydrogen) atoms. The Balaban J connectivity index is 2.12. The number of hydrogen-bond acceptors (Lipinski definition) is 5. The highest BCUT2D eigenvalue weighted by Crippen LogP contribution is 2.32. The maximum absolute atomic E-state index is 11.1. The molecule has 0 bridgehead atoms. The highest BCUT2D eigenvalue weighted by molar-refractivity contribution is 5.97. The molecule has 1 atom stereocenters. The second-order valence-electron chi connectivity index (χ2n) is 5.02. The van der Waals surface area contributed by atoms with E-state index in [1.807, 2.05) is 7.05 Å². The summed E-state index contributed by atoms with van der Waals surface area (Å²) < 4.78 is 0. The first-order valence-electron chi connectivity index (χ1n) is 6.64. The minimum atomic E-state index is -0.356. The third-order valence-corrected chi connectivity index (χ3v) is 3.88. The van der Waals surface area contributed by atoms with Crippen LogP contribution in [-0.2, 0) is 0 Å². The standard InChI is InChI=1S/C14H16N4O2/c1-17(10-6-8-15-9-10)13-5-4-12(18(19)20)11-3-2-7-16-14(11)13/h2-5,7,10,15H,6,8-9H2,1H3. The predicted octanol–water partition coefficient (Wildman–Crippen LogP) is 1.94. The van der Waals surface area contributed by atoms with Gasteiger partial charge in [0.25, 0.3) is 5.69 Å². The molecule has 1 fully saturated rings. The molecule has 6 heteroatoms. The van der Waals surface area contributed by atoms with Gasteiger partial charge in [0.05, 0.1) is 16.0 Å². The molecule has 2 aromatic rings. The number of fused-ring (bicyclic) bond motifs is 1. The van der Waals surface area contributed by atoms with Crippen LogP contribution < -0.4 is 10.2 Å². The molecule has 0 radical (unpaired) electrons. The van der Waals surface area contributed by atoms with Gasteiger partial charge in [-0.25, -0.2) is 0 Å². The van der Waals surface area contributed by atoms with Gasteiger partial charge < -0.3 is 10.2 Å². The first kappa shape index (κ1) is 12.8. The molecule has 1 unspecified atom stereocenters. The van der Waals surface area contributed by atoms with E-state index in [0.29, 0.717) is 16.9 Å². The molecule has 3 rings (SSSR count). The SMILES string of the molecule is CN(c1ccc([N+](=O)[O-])c2cccnc12)C1CCNC1. The topological polar surface area (TPSA) is 71.3 Å². The number of likely N-dealkylation sites (N-methyl/N-ethyl adjacent to an activating group) is 1. The zero-order chi connectivity index (χ0) is 14.1. The number of anilines is 1. The number of nitrogens with one attached hydrogen (secondary N) is 1. The summed E-state index contributed by atoms with van der Waals surface area (Å²) in [7, 11) is 2.02. The number of nitro benzene ring substituents is 1. The third kappa shape index (κ3) is 2.08. The molecule has 6 nitrogen and oxygen atoms in total. The summed E-state index contributed by atoms with van der Waals surface area (Å²) >= 11 is 0. The summed E-state index contributed by atoms with van der Waals surface area (Å²) in [6.45, 7) is 1.94. The van der Waals surface area contributed by atoms with Gasteiger partial charge in [0.2, 0.25) is 0 Å². The molecule has 0 saturated carbocycles. The molecular weight excluding hydrogens is 256 g/mol. The van der Waals surface area contributed by atoms with Crippen LogP contribution in [0.25, 0.3) is 10.9 Å². The van der Waals surface area contributed by atoms with E-state index in [4.69, 9.17) is 0 Å². The van der Waals surface area contributed by atoms with E-state index in [9.17, 15) is 10.1 Å². The lowest BCUT2D eigenvalue weighted by Gasteiger charge is -2.26. The molecular formula is C14H16N4O2. The van der Waals surface area contributed by atoms with Gasteiger partial charge in [0.1, 0.15) is 5.52 Å². The lowest BCUT2D eigenvalue weighted by atomic mass is 10.1. The van der Waals surface area contributed by atoms with Crippen LogP contribution in [0.15, 0.2) is 30.5 Å². The van der Waals surface area contributed by atoms with Crippen LogP contribution in [0.4, 0.5) is 11.4 Å². The maximum Gasteiger partial charge on any atom is 0.278 e. The lowest BCUT2D eigenvalue weighted by molar-refractivity contribution is -0.383. The second kappa shape index (κ2) is 5.05. The number of hydrogen-bond donors (Lipinski definition) is 1. The summed E-state index contributed by atoms with van der Waals surface area (Å²) in [5.41, 5.74) is 1.74. The van der Waals surface area contributed by atoms with Gasteiger partial charge in [-0.15, -0.1) is 0 Å². The second-order valence-corrected chi connectivity index (χ2v) is 5.02. The third-order valence-electron chi connectivity index (χ3n) is 3.88. The largest absolute Gasteiger partial charge is 0.369 e. The van der Waals surface area contributed by atoms with Crippen LogP contribution in [0.2, 0.25) is 0 Å². The van der Waals surface area contributed by atoms with E-state index in [0.717, 1.165) is 25.2 Å². The average molecular weight is 272 g/mol. The fourth-order valence-electron chi connectivity index (χ4n) is 2.75.